The maximum Gasteiger partial charge on any atom is 0.231 e. The predicted octanol–water partition coefficient (Wildman–Crippen LogP) is 1.54. The predicted molar refractivity (Wildman–Crippen MR) is 69.0 cm³/mol. The molecule has 0 bridgehead atoms. The molecule has 2 N–H and O–H groups in total. The van der Waals surface area contributed by atoms with Crippen LogP contribution in [0.4, 0.5) is 0 Å². The monoisotopic (exact) mass is 267 g/mol. The first-order chi connectivity index (χ1) is 8.35. The van der Waals surface area contributed by atoms with Crippen molar-refractivity contribution in [2.24, 2.45) is 5.73 Å². The molecule has 0 radical (unpaired) electrons. The van der Waals surface area contributed by atoms with Gasteiger partial charge in [-0.15, -0.1) is 12.4 Å². The van der Waals surface area contributed by atoms with E-state index in [-0.39, 0.29) is 12.4 Å². The number of halogens is 1. The average Bonchev–Trinajstić information content (AvgIpc) is 2.96. The van der Waals surface area contributed by atoms with E-state index in [1.807, 2.05) is 29.1 Å². The Kier molecular flexibility index (Phi) is 3.74. The molecule has 1 aromatic heterocycles. The van der Waals surface area contributed by atoms with E-state index >= 15 is 0 Å². The minimum atomic E-state index is 0. The second kappa shape index (κ2) is 5.29. The minimum Gasteiger partial charge on any atom is -0.454 e. The lowest BCUT2D eigenvalue weighted by Crippen LogP contribution is -2.00. The molecule has 1 aliphatic heterocycles. The van der Waals surface area contributed by atoms with Gasteiger partial charge >= 0.3 is 0 Å². The van der Waals surface area contributed by atoms with E-state index in [1.165, 1.54) is 0 Å². The molecule has 0 spiro atoms. The van der Waals surface area contributed by atoms with Crippen molar-refractivity contribution in [3.63, 3.8) is 0 Å². The summed E-state index contributed by atoms with van der Waals surface area (Å²) in [6.45, 7) is 1.52. The van der Waals surface area contributed by atoms with Crippen LogP contribution in [0.25, 0.3) is 0 Å². The highest BCUT2D eigenvalue weighted by Crippen LogP contribution is 2.32. The summed E-state index contributed by atoms with van der Waals surface area (Å²) in [5.41, 5.74) is 7.70. The summed E-state index contributed by atoms with van der Waals surface area (Å²) < 4.78 is 12.5. The topological polar surface area (TPSA) is 62.3 Å². The van der Waals surface area contributed by atoms with Gasteiger partial charge in [0.15, 0.2) is 11.5 Å². The van der Waals surface area contributed by atoms with Gasteiger partial charge in [-0.3, -0.25) is 4.68 Å². The number of aromatic nitrogens is 2. The molecule has 6 heteroatoms. The van der Waals surface area contributed by atoms with E-state index < -0.39 is 0 Å². The van der Waals surface area contributed by atoms with Crippen LogP contribution in [0.1, 0.15) is 11.1 Å². The third-order valence-corrected chi connectivity index (χ3v) is 2.70. The van der Waals surface area contributed by atoms with Gasteiger partial charge in [-0.1, -0.05) is 6.07 Å². The van der Waals surface area contributed by atoms with Crippen molar-refractivity contribution < 1.29 is 9.47 Å². The summed E-state index contributed by atoms with van der Waals surface area (Å²) in [6, 6.07) is 5.91. The zero-order chi connectivity index (χ0) is 11.7. The van der Waals surface area contributed by atoms with Crippen LogP contribution >= 0.6 is 12.4 Å². The Bertz CT molecular complexity index is 542. The van der Waals surface area contributed by atoms with E-state index in [4.69, 9.17) is 15.2 Å². The van der Waals surface area contributed by atoms with Gasteiger partial charge in [0.1, 0.15) is 0 Å². The number of fused-ring (bicyclic) bond motifs is 1. The number of rotatable bonds is 3. The van der Waals surface area contributed by atoms with Crippen molar-refractivity contribution in [3.8, 4) is 11.5 Å². The number of benzene rings is 1. The maximum absolute atomic E-state index is 5.54. The summed E-state index contributed by atoms with van der Waals surface area (Å²) in [5, 5.41) is 4.24. The normalized spacial score (nSPS) is 12.3. The molecule has 5 nitrogen and oxygen atoms in total. The van der Waals surface area contributed by atoms with E-state index in [1.54, 1.807) is 6.20 Å². The smallest absolute Gasteiger partial charge is 0.231 e. The SMILES string of the molecule is Cl.NCc1cnn(Cc2ccc3c(c2)OCO3)c1. The average molecular weight is 268 g/mol. The highest BCUT2D eigenvalue weighted by Gasteiger charge is 2.13. The number of hydrogen-bond acceptors (Lipinski definition) is 4. The molecular formula is C12H14ClN3O2. The molecule has 96 valence electrons. The second-order valence-electron chi connectivity index (χ2n) is 3.94. The molecule has 0 fully saturated rings. The highest BCUT2D eigenvalue weighted by molar-refractivity contribution is 5.85. The molecule has 0 aliphatic carbocycles. The molecule has 3 rings (SSSR count). The summed E-state index contributed by atoms with van der Waals surface area (Å²) in [7, 11) is 0. The Morgan fingerprint density at radius 1 is 1.22 bits per heavy atom. The van der Waals surface area contributed by atoms with E-state index in [0.29, 0.717) is 19.9 Å². The van der Waals surface area contributed by atoms with Crippen LogP contribution in [0.2, 0.25) is 0 Å². The van der Waals surface area contributed by atoms with E-state index in [9.17, 15) is 0 Å². The fraction of sp³-hybridized carbons (Fsp3) is 0.250. The molecule has 1 aliphatic rings. The van der Waals surface area contributed by atoms with E-state index in [0.717, 1.165) is 22.6 Å². The molecule has 2 aromatic rings. The van der Waals surface area contributed by atoms with E-state index in [2.05, 4.69) is 5.10 Å². The molecule has 2 heterocycles. The van der Waals surface area contributed by atoms with Crippen LogP contribution in [0.3, 0.4) is 0 Å². The first-order valence-corrected chi connectivity index (χ1v) is 5.45. The molecular weight excluding hydrogens is 254 g/mol. The van der Waals surface area contributed by atoms with Crippen molar-refractivity contribution in [3.05, 3.63) is 41.7 Å². The highest BCUT2D eigenvalue weighted by atomic mass is 35.5. The summed E-state index contributed by atoms with van der Waals surface area (Å²) >= 11 is 0. The quantitative estimate of drug-likeness (QED) is 0.916. The third-order valence-electron chi connectivity index (χ3n) is 2.70. The molecule has 0 saturated heterocycles. The Labute approximate surface area is 111 Å². The summed E-state index contributed by atoms with van der Waals surface area (Å²) in [5.74, 6) is 1.60. The van der Waals surface area contributed by atoms with Crippen LogP contribution < -0.4 is 15.2 Å². The van der Waals surface area contributed by atoms with Gasteiger partial charge < -0.3 is 15.2 Å². The standard InChI is InChI=1S/C12H13N3O2.ClH/c13-4-10-5-14-15(7-10)6-9-1-2-11-12(3-9)17-8-16-11;/h1-3,5,7H,4,6,8,13H2;1H. The Morgan fingerprint density at radius 2 is 2.06 bits per heavy atom. The van der Waals surface area contributed by atoms with Crippen molar-refractivity contribution in [1.82, 2.24) is 9.78 Å². The molecule has 0 amide bonds. The number of ether oxygens (including phenoxy) is 2. The van der Waals surface area contributed by atoms with Crippen LogP contribution in [-0.2, 0) is 13.1 Å². The van der Waals surface area contributed by atoms with Crippen LogP contribution in [0.5, 0.6) is 11.5 Å². The van der Waals surface area contributed by atoms with Crippen LogP contribution in [0, 0.1) is 0 Å². The lowest BCUT2D eigenvalue weighted by molar-refractivity contribution is 0.174. The largest absolute Gasteiger partial charge is 0.454 e. The van der Waals surface area contributed by atoms with Gasteiger partial charge in [0.25, 0.3) is 0 Å². The van der Waals surface area contributed by atoms with Crippen LogP contribution in [0.15, 0.2) is 30.6 Å². The third kappa shape index (κ3) is 2.42. The van der Waals surface area contributed by atoms with Gasteiger partial charge in [0.05, 0.1) is 12.7 Å². The molecule has 0 saturated carbocycles. The molecule has 1 aromatic carbocycles. The zero-order valence-electron chi connectivity index (χ0n) is 9.70. The number of hydrogen-bond donors (Lipinski definition) is 1. The van der Waals surface area contributed by atoms with Crippen molar-refractivity contribution in [1.29, 1.82) is 0 Å². The minimum absolute atomic E-state index is 0. The van der Waals surface area contributed by atoms with Gasteiger partial charge in [-0.2, -0.15) is 5.10 Å². The molecule has 0 atom stereocenters. The molecule has 0 unspecified atom stereocenters. The van der Waals surface area contributed by atoms with Gasteiger partial charge in [0.2, 0.25) is 6.79 Å². The first kappa shape index (κ1) is 12.7. The number of nitrogens with zero attached hydrogens (tertiary/aromatic N) is 2. The lowest BCUT2D eigenvalue weighted by atomic mass is 10.2. The van der Waals surface area contributed by atoms with Gasteiger partial charge in [-0.05, 0) is 17.7 Å². The van der Waals surface area contributed by atoms with Gasteiger partial charge in [0, 0.05) is 18.3 Å². The second-order valence-corrected chi connectivity index (χ2v) is 3.94. The lowest BCUT2D eigenvalue weighted by Gasteiger charge is -2.03. The van der Waals surface area contributed by atoms with Crippen molar-refractivity contribution >= 4 is 12.4 Å². The fourth-order valence-electron chi connectivity index (χ4n) is 1.82. The zero-order valence-corrected chi connectivity index (χ0v) is 10.5. The van der Waals surface area contributed by atoms with Crippen molar-refractivity contribution in [2.45, 2.75) is 13.1 Å². The Morgan fingerprint density at radius 3 is 2.83 bits per heavy atom. The Balaban J connectivity index is 0.00000120. The first-order valence-electron chi connectivity index (χ1n) is 5.45. The Hall–Kier alpha value is -1.72. The summed E-state index contributed by atoms with van der Waals surface area (Å²) in [6.07, 6.45) is 3.73. The molecule has 18 heavy (non-hydrogen) atoms. The van der Waals surface area contributed by atoms with Crippen molar-refractivity contribution in [2.75, 3.05) is 6.79 Å². The number of nitrogens with two attached hydrogens (primary N) is 1. The fourth-order valence-corrected chi connectivity index (χ4v) is 1.82. The summed E-state index contributed by atoms with van der Waals surface area (Å²) in [4.78, 5) is 0. The maximum atomic E-state index is 5.54. The van der Waals surface area contributed by atoms with Crippen LogP contribution in [-0.4, -0.2) is 16.6 Å². The van der Waals surface area contributed by atoms with Gasteiger partial charge in [-0.25, -0.2) is 0 Å².